The molecule has 140 valence electrons. The van der Waals surface area contributed by atoms with Crippen LogP contribution in [0.25, 0.3) is 16.9 Å². The molecule has 0 saturated heterocycles. The molecule has 0 radical (unpaired) electrons. The first-order valence-electron chi connectivity index (χ1n) is 9.18. The van der Waals surface area contributed by atoms with Crippen LogP contribution in [0, 0.1) is 6.92 Å². The molecule has 2 heterocycles. The van der Waals surface area contributed by atoms with Gasteiger partial charge in [-0.3, -0.25) is 4.79 Å². The number of imidazole rings is 1. The maximum atomic E-state index is 12.4. The first-order valence-corrected chi connectivity index (χ1v) is 9.56. The van der Waals surface area contributed by atoms with Gasteiger partial charge >= 0.3 is 0 Å². The summed E-state index contributed by atoms with van der Waals surface area (Å²) < 4.78 is 2.06. The van der Waals surface area contributed by atoms with Crippen molar-refractivity contribution < 1.29 is 4.79 Å². The number of hydrogen-bond donors (Lipinski definition) is 1. The average molecular weight is 390 g/mol. The van der Waals surface area contributed by atoms with Crippen molar-refractivity contribution in [3.05, 3.63) is 89.2 Å². The first-order chi connectivity index (χ1) is 13.6. The van der Waals surface area contributed by atoms with Crippen molar-refractivity contribution in [3.63, 3.8) is 0 Å². The van der Waals surface area contributed by atoms with E-state index in [0.717, 1.165) is 28.3 Å². The fourth-order valence-electron chi connectivity index (χ4n) is 3.22. The van der Waals surface area contributed by atoms with E-state index in [1.165, 1.54) is 5.56 Å². The van der Waals surface area contributed by atoms with Gasteiger partial charge in [-0.05, 0) is 49.7 Å². The smallest absolute Gasteiger partial charge is 0.224 e. The predicted molar refractivity (Wildman–Crippen MR) is 114 cm³/mol. The fraction of sp³-hybridized carbons (Fsp3) is 0.130. The van der Waals surface area contributed by atoms with Gasteiger partial charge in [-0.25, -0.2) is 4.98 Å². The minimum Gasteiger partial charge on any atom is -0.326 e. The van der Waals surface area contributed by atoms with Gasteiger partial charge in [0.05, 0.1) is 11.4 Å². The van der Waals surface area contributed by atoms with Gasteiger partial charge < -0.3 is 9.72 Å². The molecule has 5 heteroatoms. The molecule has 2 aromatic carbocycles. The summed E-state index contributed by atoms with van der Waals surface area (Å²) in [4.78, 5) is 17.2. The Morgan fingerprint density at radius 3 is 2.54 bits per heavy atom. The Bertz CT molecular complexity index is 1120. The van der Waals surface area contributed by atoms with Crippen LogP contribution in [0.3, 0.4) is 0 Å². The van der Waals surface area contributed by atoms with Gasteiger partial charge in [-0.2, -0.15) is 0 Å². The lowest BCUT2D eigenvalue weighted by Gasteiger charge is -2.08. The molecule has 28 heavy (non-hydrogen) atoms. The molecule has 0 bridgehead atoms. The van der Waals surface area contributed by atoms with E-state index >= 15 is 0 Å². The number of benzene rings is 2. The lowest BCUT2D eigenvalue weighted by atomic mass is 10.1. The fourth-order valence-corrected chi connectivity index (χ4v) is 3.34. The van der Waals surface area contributed by atoms with E-state index in [0.29, 0.717) is 17.9 Å². The lowest BCUT2D eigenvalue weighted by molar-refractivity contribution is -0.116. The van der Waals surface area contributed by atoms with Gasteiger partial charge in [-0.1, -0.05) is 47.5 Å². The number of carbonyl (C=O) groups is 1. The molecule has 0 unspecified atom stereocenters. The highest BCUT2D eigenvalue weighted by molar-refractivity contribution is 6.30. The second-order valence-electron chi connectivity index (χ2n) is 6.76. The zero-order chi connectivity index (χ0) is 19.5. The number of aryl methyl sites for hydroxylation is 2. The highest BCUT2D eigenvalue weighted by Gasteiger charge is 2.15. The van der Waals surface area contributed by atoms with Crippen LogP contribution < -0.4 is 5.32 Å². The molecule has 2 aromatic heterocycles. The minimum atomic E-state index is -0.0388. The van der Waals surface area contributed by atoms with Crippen LogP contribution in [-0.2, 0) is 11.2 Å². The third-order valence-electron chi connectivity index (χ3n) is 4.67. The van der Waals surface area contributed by atoms with Gasteiger partial charge in [0.15, 0.2) is 0 Å². The molecule has 1 amide bonds. The van der Waals surface area contributed by atoms with Crippen LogP contribution in [0.2, 0.25) is 5.02 Å². The third-order valence-corrected chi connectivity index (χ3v) is 4.92. The van der Waals surface area contributed by atoms with Gasteiger partial charge in [-0.15, -0.1) is 0 Å². The number of amides is 1. The van der Waals surface area contributed by atoms with E-state index < -0.39 is 0 Å². The number of halogens is 1. The third kappa shape index (κ3) is 3.92. The topological polar surface area (TPSA) is 46.4 Å². The van der Waals surface area contributed by atoms with Gasteiger partial charge in [0.2, 0.25) is 5.91 Å². The maximum Gasteiger partial charge on any atom is 0.224 e. The maximum absolute atomic E-state index is 12.4. The van der Waals surface area contributed by atoms with E-state index in [1.807, 2.05) is 24.4 Å². The van der Waals surface area contributed by atoms with Crippen molar-refractivity contribution in [2.24, 2.45) is 0 Å². The Labute approximate surface area is 168 Å². The summed E-state index contributed by atoms with van der Waals surface area (Å²) in [5.41, 5.74) is 5.84. The van der Waals surface area contributed by atoms with Crippen molar-refractivity contribution >= 4 is 28.8 Å². The van der Waals surface area contributed by atoms with Crippen LogP contribution in [0.15, 0.2) is 72.9 Å². The number of nitrogens with zero attached hydrogens (tertiary/aromatic N) is 2. The summed E-state index contributed by atoms with van der Waals surface area (Å²) in [5.74, 6) is -0.0388. The highest BCUT2D eigenvalue weighted by atomic mass is 35.5. The molecular weight excluding hydrogens is 370 g/mol. The molecule has 0 fully saturated rings. The van der Waals surface area contributed by atoms with E-state index in [4.69, 9.17) is 16.6 Å². The van der Waals surface area contributed by atoms with Crippen LogP contribution in [0.1, 0.15) is 17.7 Å². The summed E-state index contributed by atoms with van der Waals surface area (Å²) in [6, 6.07) is 21.4. The Morgan fingerprint density at radius 1 is 1.04 bits per heavy atom. The molecule has 0 aliphatic heterocycles. The van der Waals surface area contributed by atoms with E-state index in [9.17, 15) is 4.79 Å². The second-order valence-corrected chi connectivity index (χ2v) is 7.19. The van der Waals surface area contributed by atoms with Crippen LogP contribution in [-0.4, -0.2) is 15.3 Å². The average Bonchev–Trinajstić information content (AvgIpc) is 3.07. The standard InChI is InChI=1S/C23H20ClN3O/c1-16-5-7-17(8-6-16)23-20(27-15-3-2-4-21(27)26-23)13-14-22(28)25-19-11-9-18(24)10-12-19/h2-12,15H,13-14H2,1H3,(H,25,28). The summed E-state index contributed by atoms with van der Waals surface area (Å²) in [7, 11) is 0. The van der Waals surface area contributed by atoms with Crippen molar-refractivity contribution in [2.45, 2.75) is 19.8 Å². The van der Waals surface area contributed by atoms with Crippen LogP contribution in [0.4, 0.5) is 5.69 Å². The lowest BCUT2D eigenvalue weighted by Crippen LogP contribution is -2.13. The predicted octanol–water partition coefficient (Wildman–Crippen LogP) is 5.53. The van der Waals surface area contributed by atoms with Crippen LogP contribution >= 0.6 is 11.6 Å². The van der Waals surface area contributed by atoms with Crippen LogP contribution in [0.5, 0.6) is 0 Å². The number of carbonyl (C=O) groups excluding carboxylic acids is 1. The molecule has 0 aliphatic carbocycles. The van der Waals surface area contributed by atoms with E-state index in [-0.39, 0.29) is 5.91 Å². The van der Waals surface area contributed by atoms with Gasteiger partial charge in [0, 0.05) is 28.9 Å². The molecule has 0 aliphatic rings. The van der Waals surface area contributed by atoms with E-state index in [1.54, 1.807) is 24.3 Å². The summed E-state index contributed by atoms with van der Waals surface area (Å²) in [6.45, 7) is 2.06. The zero-order valence-electron chi connectivity index (χ0n) is 15.5. The molecule has 1 N–H and O–H groups in total. The number of anilines is 1. The van der Waals surface area contributed by atoms with Crippen molar-refractivity contribution in [2.75, 3.05) is 5.32 Å². The number of pyridine rings is 1. The molecule has 0 atom stereocenters. The Kier molecular flexibility index (Phi) is 5.13. The summed E-state index contributed by atoms with van der Waals surface area (Å²) in [6.07, 6.45) is 2.95. The molecular formula is C23H20ClN3O. The number of nitrogens with one attached hydrogen (secondary N) is 1. The van der Waals surface area contributed by atoms with Crippen molar-refractivity contribution in [1.82, 2.24) is 9.38 Å². The number of hydrogen-bond acceptors (Lipinski definition) is 2. The number of fused-ring (bicyclic) bond motifs is 1. The van der Waals surface area contributed by atoms with Gasteiger partial charge in [0.25, 0.3) is 0 Å². The zero-order valence-corrected chi connectivity index (χ0v) is 16.3. The van der Waals surface area contributed by atoms with E-state index in [2.05, 4.69) is 40.9 Å². The molecule has 4 rings (SSSR count). The van der Waals surface area contributed by atoms with Gasteiger partial charge in [0.1, 0.15) is 5.65 Å². The summed E-state index contributed by atoms with van der Waals surface area (Å²) >= 11 is 5.90. The van der Waals surface area contributed by atoms with Crippen molar-refractivity contribution in [3.8, 4) is 11.3 Å². The van der Waals surface area contributed by atoms with Crippen molar-refractivity contribution in [1.29, 1.82) is 0 Å². The second kappa shape index (κ2) is 7.87. The largest absolute Gasteiger partial charge is 0.326 e. The molecule has 4 aromatic rings. The Hall–Kier alpha value is -3.11. The number of rotatable bonds is 5. The molecule has 0 spiro atoms. The quantitative estimate of drug-likeness (QED) is 0.487. The molecule has 0 saturated carbocycles. The first kappa shape index (κ1) is 18.3. The highest BCUT2D eigenvalue weighted by Crippen LogP contribution is 2.26. The monoisotopic (exact) mass is 389 g/mol. The minimum absolute atomic E-state index is 0.0388. The summed E-state index contributed by atoms with van der Waals surface area (Å²) in [5, 5.41) is 3.56. The Balaban J connectivity index is 1.58. The number of aromatic nitrogens is 2. The SMILES string of the molecule is Cc1ccc(-c2nc3ccccn3c2CCC(=O)Nc2ccc(Cl)cc2)cc1. The normalized spacial score (nSPS) is 10.9. The Morgan fingerprint density at radius 2 is 1.79 bits per heavy atom. The molecule has 4 nitrogen and oxygen atoms in total.